The number of likely N-dealkylation sites (tertiary alicyclic amines) is 1. The third kappa shape index (κ3) is 2.93. The van der Waals surface area contributed by atoms with Gasteiger partial charge in [0.15, 0.2) is 0 Å². The van der Waals surface area contributed by atoms with Crippen LogP contribution in [0.1, 0.15) is 28.8 Å². The van der Waals surface area contributed by atoms with Crippen molar-refractivity contribution in [3.8, 4) is 0 Å². The molecule has 1 aromatic rings. The van der Waals surface area contributed by atoms with Crippen molar-refractivity contribution in [2.75, 3.05) is 13.7 Å². The number of carboxylic acid groups (broad SMARTS) is 1. The van der Waals surface area contributed by atoms with Crippen LogP contribution in [0.4, 0.5) is 0 Å². The first-order valence-electron chi connectivity index (χ1n) is 6.25. The van der Waals surface area contributed by atoms with Gasteiger partial charge in [-0.25, -0.2) is 4.79 Å². The van der Waals surface area contributed by atoms with Gasteiger partial charge in [0, 0.05) is 19.2 Å². The Morgan fingerprint density at radius 1 is 1.37 bits per heavy atom. The molecule has 102 valence electrons. The number of hydrogen-bond acceptors (Lipinski definition) is 3. The zero-order chi connectivity index (χ0) is 13.8. The fraction of sp³-hybridized carbons (Fsp3) is 0.429. The van der Waals surface area contributed by atoms with E-state index in [2.05, 4.69) is 0 Å². The van der Waals surface area contributed by atoms with E-state index in [1.807, 2.05) is 12.1 Å². The first-order chi connectivity index (χ1) is 9.13. The van der Waals surface area contributed by atoms with E-state index in [0.29, 0.717) is 25.1 Å². The van der Waals surface area contributed by atoms with Crippen molar-refractivity contribution in [3.05, 3.63) is 35.4 Å². The minimum absolute atomic E-state index is 0.214. The largest absolute Gasteiger partial charge is 0.480 e. The number of hydrogen-bond donors (Lipinski definition) is 1. The lowest BCUT2D eigenvalue weighted by Gasteiger charge is -2.21. The van der Waals surface area contributed by atoms with Crippen molar-refractivity contribution in [1.82, 2.24) is 4.90 Å². The van der Waals surface area contributed by atoms with E-state index in [4.69, 9.17) is 9.84 Å². The van der Waals surface area contributed by atoms with Crippen LogP contribution in [-0.2, 0) is 16.1 Å². The molecule has 2 rings (SSSR count). The van der Waals surface area contributed by atoms with Crippen LogP contribution in [-0.4, -0.2) is 41.6 Å². The Labute approximate surface area is 111 Å². The SMILES string of the molecule is COCc1ccc(C(=O)N2CCC[C@@H]2C(=O)O)cc1. The minimum Gasteiger partial charge on any atom is -0.480 e. The van der Waals surface area contributed by atoms with Crippen LogP contribution in [0.5, 0.6) is 0 Å². The summed E-state index contributed by atoms with van der Waals surface area (Å²) < 4.78 is 5.00. The predicted octanol–water partition coefficient (Wildman–Crippen LogP) is 1.52. The molecule has 19 heavy (non-hydrogen) atoms. The van der Waals surface area contributed by atoms with E-state index in [1.54, 1.807) is 19.2 Å². The molecular formula is C14H17NO4. The molecule has 1 amide bonds. The molecule has 1 fully saturated rings. The Balaban J connectivity index is 2.12. The van der Waals surface area contributed by atoms with Gasteiger partial charge >= 0.3 is 5.97 Å². The fourth-order valence-electron chi connectivity index (χ4n) is 2.34. The van der Waals surface area contributed by atoms with Crippen molar-refractivity contribution >= 4 is 11.9 Å². The Hall–Kier alpha value is -1.88. The summed E-state index contributed by atoms with van der Waals surface area (Å²) >= 11 is 0. The summed E-state index contributed by atoms with van der Waals surface area (Å²) in [4.78, 5) is 24.8. The number of nitrogens with zero attached hydrogens (tertiary/aromatic N) is 1. The number of aliphatic carboxylic acids is 1. The minimum atomic E-state index is -0.929. The van der Waals surface area contributed by atoms with Gasteiger partial charge in [0.25, 0.3) is 5.91 Å². The topological polar surface area (TPSA) is 66.8 Å². The molecular weight excluding hydrogens is 246 g/mol. The van der Waals surface area contributed by atoms with Crippen LogP contribution in [0.2, 0.25) is 0 Å². The molecule has 1 N–H and O–H groups in total. The maximum absolute atomic E-state index is 12.3. The monoisotopic (exact) mass is 263 g/mol. The Morgan fingerprint density at radius 3 is 2.63 bits per heavy atom. The average molecular weight is 263 g/mol. The number of methoxy groups -OCH3 is 1. The fourth-order valence-corrected chi connectivity index (χ4v) is 2.34. The molecule has 5 nitrogen and oxygen atoms in total. The maximum atomic E-state index is 12.3. The summed E-state index contributed by atoms with van der Waals surface area (Å²) in [5, 5.41) is 9.08. The second-order valence-electron chi connectivity index (χ2n) is 4.62. The van der Waals surface area contributed by atoms with E-state index < -0.39 is 12.0 Å². The normalized spacial score (nSPS) is 18.6. The average Bonchev–Trinajstić information content (AvgIpc) is 2.88. The number of benzene rings is 1. The van der Waals surface area contributed by atoms with Gasteiger partial charge in [0.2, 0.25) is 0 Å². The van der Waals surface area contributed by atoms with Crippen LogP contribution >= 0.6 is 0 Å². The lowest BCUT2D eigenvalue weighted by Crippen LogP contribution is -2.40. The Bertz CT molecular complexity index is 469. The second kappa shape index (κ2) is 5.84. The van der Waals surface area contributed by atoms with Gasteiger partial charge in [-0.3, -0.25) is 4.79 Å². The highest BCUT2D eigenvalue weighted by Gasteiger charge is 2.34. The van der Waals surface area contributed by atoms with E-state index in [9.17, 15) is 9.59 Å². The highest BCUT2D eigenvalue weighted by atomic mass is 16.5. The second-order valence-corrected chi connectivity index (χ2v) is 4.62. The molecule has 0 aliphatic carbocycles. The molecule has 0 unspecified atom stereocenters. The van der Waals surface area contributed by atoms with E-state index in [-0.39, 0.29) is 5.91 Å². The number of carbonyl (C=O) groups excluding carboxylic acids is 1. The summed E-state index contributed by atoms with van der Waals surface area (Å²) in [5.74, 6) is -1.14. The standard InChI is InChI=1S/C14H17NO4/c1-19-9-10-4-6-11(7-5-10)13(16)15-8-2-3-12(15)14(17)18/h4-7,12H,2-3,8-9H2,1H3,(H,17,18)/t12-/m1/s1. The molecule has 0 aromatic heterocycles. The zero-order valence-corrected chi connectivity index (χ0v) is 10.8. The summed E-state index contributed by atoms with van der Waals surface area (Å²) in [6.45, 7) is 1.01. The summed E-state index contributed by atoms with van der Waals surface area (Å²) in [7, 11) is 1.61. The molecule has 0 bridgehead atoms. The van der Waals surface area contributed by atoms with E-state index in [1.165, 1.54) is 4.90 Å². The first-order valence-corrected chi connectivity index (χ1v) is 6.25. The summed E-state index contributed by atoms with van der Waals surface area (Å²) in [6.07, 6.45) is 1.27. The van der Waals surface area contributed by atoms with Gasteiger partial charge in [-0.2, -0.15) is 0 Å². The highest BCUT2D eigenvalue weighted by molar-refractivity contribution is 5.97. The number of ether oxygens (including phenoxy) is 1. The lowest BCUT2D eigenvalue weighted by atomic mass is 10.1. The molecule has 1 aliphatic heterocycles. The zero-order valence-electron chi connectivity index (χ0n) is 10.8. The third-order valence-corrected chi connectivity index (χ3v) is 3.31. The van der Waals surface area contributed by atoms with E-state index >= 15 is 0 Å². The van der Waals surface area contributed by atoms with Crippen molar-refractivity contribution in [1.29, 1.82) is 0 Å². The highest BCUT2D eigenvalue weighted by Crippen LogP contribution is 2.20. The van der Waals surface area contributed by atoms with Crippen molar-refractivity contribution < 1.29 is 19.4 Å². The molecule has 1 aromatic carbocycles. The molecule has 0 radical (unpaired) electrons. The maximum Gasteiger partial charge on any atom is 0.326 e. The quantitative estimate of drug-likeness (QED) is 0.894. The van der Waals surface area contributed by atoms with Gasteiger partial charge in [-0.05, 0) is 30.5 Å². The van der Waals surface area contributed by atoms with Crippen LogP contribution < -0.4 is 0 Å². The van der Waals surface area contributed by atoms with Gasteiger partial charge < -0.3 is 14.7 Å². The van der Waals surface area contributed by atoms with Gasteiger partial charge in [0.1, 0.15) is 6.04 Å². The summed E-state index contributed by atoms with van der Waals surface area (Å²) in [5.41, 5.74) is 1.50. The van der Waals surface area contributed by atoms with Crippen molar-refractivity contribution in [3.63, 3.8) is 0 Å². The first kappa shape index (κ1) is 13.5. The molecule has 5 heteroatoms. The van der Waals surface area contributed by atoms with Crippen LogP contribution in [0, 0.1) is 0 Å². The Morgan fingerprint density at radius 2 is 2.05 bits per heavy atom. The smallest absolute Gasteiger partial charge is 0.326 e. The van der Waals surface area contributed by atoms with E-state index in [0.717, 1.165) is 12.0 Å². The Kier molecular flexibility index (Phi) is 4.16. The third-order valence-electron chi connectivity index (χ3n) is 3.31. The number of amides is 1. The molecule has 1 saturated heterocycles. The van der Waals surface area contributed by atoms with Crippen molar-refractivity contribution in [2.45, 2.75) is 25.5 Å². The molecule has 1 atom stereocenters. The van der Waals surface area contributed by atoms with Crippen molar-refractivity contribution in [2.24, 2.45) is 0 Å². The van der Waals surface area contributed by atoms with Gasteiger partial charge in [-0.15, -0.1) is 0 Å². The molecule has 1 heterocycles. The number of carboxylic acids is 1. The molecule has 0 spiro atoms. The number of carbonyl (C=O) groups is 2. The van der Waals surface area contributed by atoms with Gasteiger partial charge in [-0.1, -0.05) is 12.1 Å². The lowest BCUT2D eigenvalue weighted by molar-refractivity contribution is -0.141. The van der Waals surface area contributed by atoms with Crippen LogP contribution in [0.15, 0.2) is 24.3 Å². The molecule has 0 saturated carbocycles. The van der Waals surface area contributed by atoms with Crippen LogP contribution in [0.25, 0.3) is 0 Å². The van der Waals surface area contributed by atoms with Gasteiger partial charge in [0.05, 0.1) is 6.61 Å². The predicted molar refractivity (Wildman–Crippen MR) is 68.8 cm³/mol. The van der Waals surface area contributed by atoms with Crippen LogP contribution in [0.3, 0.4) is 0 Å². The number of rotatable bonds is 4. The summed E-state index contributed by atoms with van der Waals surface area (Å²) in [6, 6.07) is 6.39. The molecule has 1 aliphatic rings.